The maximum Gasteiger partial charge on any atom is 0.407 e. The average Bonchev–Trinajstić information content (AvgIpc) is 3.91. The van der Waals surface area contributed by atoms with Crippen LogP contribution in [0.2, 0.25) is 0 Å². The number of aliphatic hydroxyl groups excluding tert-OH is 1. The average molecular weight is 1030 g/mol. The maximum absolute atomic E-state index is 16.0. The van der Waals surface area contributed by atoms with Crippen LogP contribution in [0.5, 0.6) is 0 Å². The van der Waals surface area contributed by atoms with Gasteiger partial charge in [0.25, 0.3) is 5.91 Å². The third-order valence-corrected chi connectivity index (χ3v) is 13.4. The number of alkyl carbamates (subject to hydrolysis) is 1. The van der Waals surface area contributed by atoms with Crippen LogP contribution in [-0.4, -0.2) is 141 Å². The summed E-state index contributed by atoms with van der Waals surface area (Å²) in [5.74, 6) is 3.25. The first kappa shape index (κ1) is 55.0. The van der Waals surface area contributed by atoms with Gasteiger partial charge in [-0.25, -0.2) is 33.0 Å². The van der Waals surface area contributed by atoms with Gasteiger partial charge >= 0.3 is 18.7 Å². The van der Waals surface area contributed by atoms with Crippen molar-refractivity contribution in [3.05, 3.63) is 101 Å². The standard InChI is InChI=1S/C52H64F4N10O8/c1-51(2,3)44(60-50(72)73-7)46(68)58-41(20-31-11-8-30(9-12-31)10-13-32-14-17-43(57-23-32)63-24-34-15-16-35(25-63)66(34)36-28-74-29-36)42(67)27-64(62-47(69)45(52(4,5)6)59-49(70)71)26-37-38(53)21-33(22-39(37)54)40-18-19-65(61-40)48(55)56/h8-9,11-12,14,17-19,21-23,34-36,41-42,44-45,48,59,67H,15-16,20,24-29H2,1-7H3,(H,58,68)(H,60,72)(H,62,69)(H,70,71). The third-order valence-electron chi connectivity index (χ3n) is 13.4. The molecule has 0 spiro atoms. The molecule has 3 fully saturated rings. The lowest BCUT2D eigenvalue weighted by Crippen LogP contribution is -2.62. The number of benzene rings is 2. The molecule has 0 radical (unpaired) electrons. The minimum atomic E-state index is -3.00. The lowest BCUT2D eigenvalue weighted by atomic mass is 9.85. The number of pyridine rings is 1. The number of piperazine rings is 1. The molecule has 74 heavy (non-hydrogen) atoms. The number of carbonyl (C=O) groups excluding carboxylic acids is 3. The number of aromatic nitrogens is 3. The Morgan fingerprint density at radius 3 is 1.99 bits per heavy atom. The van der Waals surface area contributed by atoms with Crippen molar-refractivity contribution >= 4 is 29.8 Å². The Bertz CT molecular complexity index is 2660. The first-order valence-electron chi connectivity index (χ1n) is 24.3. The van der Waals surface area contributed by atoms with Crippen LogP contribution in [0.25, 0.3) is 11.3 Å². The number of halogens is 4. The van der Waals surface area contributed by atoms with Crippen LogP contribution < -0.4 is 26.3 Å². The van der Waals surface area contributed by atoms with Gasteiger partial charge < -0.3 is 40.5 Å². The summed E-state index contributed by atoms with van der Waals surface area (Å²) < 4.78 is 69.0. The quantitative estimate of drug-likeness (QED) is 0.0442. The number of carboxylic acid groups (broad SMARTS) is 1. The van der Waals surface area contributed by atoms with Crippen molar-refractivity contribution in [2.24, 2.45) is 10.8 Å². The van der Waals surface area contributed by atoms with Crippen molar-refractivity contribution < 1.29 is 56.4 Å². The van der Waals surface area contributed by atoms with Crippen LogP contribution in [0.15, 0.2) is 67.0 Å². The van der Waals surface area contributed by atoms with Gasteiger partial charge in [-0.1, -0.05) is 65.5 Å². The lowest BCUT2D eigenvalue weighted by molar-refractivity contribution is -0.132. The summed E-state index contributed by atoms with van der Waals surface area (Å²) in [7, 11) is 1.14. The minimum absolute atomic E-state index is 0.0544. The van der Waals surface area contributed by atoms with Gasteiger partial charge in [0.2, 0.25) is 5.91 Å². The highest BCUT2D eigenvalue weighted by Crippen LogP contribution is 2.35. The molecule has 2 aromatic carbocycles. The Morgan fingerprint density at radius 2 is 1.46 bits per heavy atom. The number of alkyl halides is 2. The fraction of sp³-hybridized carbons (Fsp3) is 0.500. The number of carbonyl (C=O) groups is 4. The van der Waals surface area contributed by atoms with E-state index in [9.17, 15) is 38.2 Å². The van der Waals surface area contributed by atoms with E-state index in [-0.39, 0.29) is 17.7 Å². The number of hydrogen-bond acceptors (Lipinski definition) is 12. The molecule has 4 amide bonds. The molecule has 398 valence electrons. The summed E-state index contributed by atoms with van der Waals surface area (Å²) in [6.07, 6.45) is 0.918. The van der Waals surface area contributed by atoms with Gasteiger partial charge in [0.1, 0.15) is 29.5 Å². The Kier molecular flexibility index (Phi) is 17.2. The van der Waals surface area contributed by atoms with Crippen molar-refractivity contribution in [3.63, 3.8) is 0 Å². The van der Waals surface area contributed by atoms with E-state index >= 15 is 8.78 Å². The molecule has 3 aliphatic heterocycles. The summed E-state index contributed by atoms with van der Waals surface area (Å²) in [4.78, 5) is 62.0. The second-order valence-electron chi connectivity index (χ2n) is 21.1. The first-order valence-corrected chi connectivity index (χ1v) is 24.3. The van der Waals surface area contributed by atoms with Gasteiger partial charge in [-0.3, -0.25) is 19.9 Å². The third kappa shape index (κ3) is 13.7. The van der Waals surface area contributed by atoms with E-state index in [1.165, 1.54) is 12.8 Å². The fourth-order valence-corrected chi connectivity index (χ4v) is 9.50. The number of nitrogens with one attached hydrogen (secondary N) is 4. The molecule has 2 bridgehead atoms. The molecule has 18 nitrogen and oxygen atoms in total. The summed E-state index contributed by atoms with van der Waals surface area (Å²) >= 11 is 0. The molecule has 6 atom stereocenters. The number of ether oxygens (including phenoxy) is 2. The first-order chi connectivity index (χ1) is 35.0. The largest absolute Gasteiger partial charge is 0.465 e. The van der Waals surface area contributed by atoms with E-state index in [1.807, 2.05) is 12.1 Å². The van der Waals surface area contributed by atoms with E-state index in [0.717, 1.165) is 68.6 Å². The summed E-state index contributed by atoms with van der Waals surface area (Å²) in [5, 5.41) is 33.9. The normalized spacial score (nSPS) is 18.6. The summed E-state index contributed by atoms with van der Waals surface area (Å²) in [6, 6.07) is 11.5. The Labute approximate surface area is 427 Å². The summed E-state index contributed by atoms with van der Waals surface area (Å²) in [5.41, 5.74) is 1.63. The van der Waals surface area contributed by atoms with E-state index in [2.05, 4.69) is 48.1 Å². The number of amides is 4. The number of hydrogen-bond donors (Lipinski definition) is 6. The van der Waals surface area contributed by atoms with Gasteiger partial charge in [0, 0.05) is 72.9 Å². The predicted octanol–water partition coefficient (Wildman–Crippen LogP) is 5.44. The number of aliphatic hydroxyl groups is 1. The molecule has 3 aliphatic rings. The molecule has 6 unspecified atom stereocenters. The highest BCUT2D eigenvalue weighted by Gasteiger charge is 2.45. The van der Waals surface area contributed by atoms with Crippen LogP contribution in [0.4, 0.5) is 33.0 Å². The van der Waals surface area contributed by atoms with Crippen molar-refractivity contribution in [1.82, 2.24) is 46.0 Å². The van der Waals surface area contributed by atoms with Crippen LogP contribution in [-0.2, 0) is 32.0 Å². The molecule has 3 saturated heterocycles. The number of rotatable bonds is 17. The highest BCUT2D eigenvalue weighted by atomic mass is 19.3. The van der Waals surface area contributed by atoms with E-state index in [4.69, 9.17) is 14.5 Å². The number of hydrazine groups is 1. The van der Waals surface area contributed by atoms with Gasteiger partial charge in [-0.2, -0.15) is 13.9 Å². The van der Waals surface area contributed by atoms with Crippen LogP contribution >= 0.6 is 0 Å². The fourth-order valence-electron chi connectivity index (χ4n) is 9.50. The van der Waals surface area contributed by atoms with Crippen LogP contribution in [0.1, 0.15) is 83.2 Å². The zero-order valence-electron chi connectivity index (χ0n) is 42.4. The molecule has 2 aromatic heterocycles. The molecule has 5 heterocycles. The Morgan fingerprint density at radius 1 is 0.851 bits per heavy atom. The van der Waals surface area contributed by atoms with Gasteiger partial charge in [0.15, 0.2) is 0 Å². The van der Waals surface area contributed by atoms with Crippen molar-refractivity contribution in [2.75, 3.05) is 44.9 Å². The number of methoxy groups -OCH3 is 1. The van der Waals surface area contributed by atoms with E-state index in [0.29, 0.717) is 39.5 Å². The highest BCUT2D eigenvalue weighted by molar-refractivity contribution is 5.87. The Hall–Kier alpha value is -6.80. The van der Waals surface area contributed by atoms with E-state index in [1.54, 1.807) is 72.0 Å². The van der Waals surface area contributed by atoms with Crippen LogP contribution in [0.3, 0.4) is 0 Å². The smallest absolute Gasteiger partial charge is 0.407 e. The van der Waals surface area contributed by atoms with Crippen molar-refractivity contribution in [2.45, 2.75) is 116 Å². The zero-order valence-corrected chi connectivity index (χ0v) is 42.4. The minimum Gasteiger partial charge on any atom is -0.465 e. The molecular formula is C52H64F4N10O8. The molecule has 22 heteroatoms. The number of nitrogens with zero attached hydrogens (tertiary/aromatic N) is 6. The van der Waals surface area contributed by atoms with Gasteiger partial charge in [-0.15, -0.1) is 0 Å². The SMILES string of the molecule is COC(=O)NC(C(=O)NC(Cc1ccc(C#Cc2ccc(N3CC4CCC(C3)N4C3COC3)nc2)cc1)C(O)CN(Cc1c(F)cc(-c2ccn(C(F)F)n2)cc1F)NC(=O)C(NC(=O)O)C(C)(C)C)C(C)(C)C. The number of fused-ring (bicyclic) bond motifs is 2. The van der Waals surface area contributed by atoms with E-state index < -0.39 is 95.9 Å². The topological polar surface area (TPSA) is 216 Å². The molecule has 0 aliphatic carbocycles. The lowest BCUT2D eigenvalue weighted by Gasteiger charge is -2.47. The van der Waals surface area contributed by atoms with Crippen molar-refractivity contribution in [3.8, 4) is 23.1 Å². The molecule has 6 N–H and O–H groups in total. The second-order valence-corrected chi connectivity index (χ2v) is 21.1. The molecule has 0 saturated carbocycles. The maximum atomic E-state index is 16.0. The molecule has 4 aromatic rings. The monoisotopic (exact) mass is 1030 g/mol. The van der Waals surface area contributed by atoms with Crippen molar-refractivity contribution in [1.29, 1.82) is 0 Å². The molecule has 7 rings (SSSR count). The van der Waals surface area contributed by atoms with Crippen LogP contribution in [0, 0.1) is 34.3 Å². The van der Waals surface area contributed by atoms with Gasteiger partial charge in [0.05, 0.1) is 44.2 Å². The predicted molar refractivity (Wildman–Crippen MR) is 264 cm³/mol. The molecular weight excluding hydrogens is 969 g/mol. The summed E-state index contributed by atoms with van der Waals surface area (Å²) in [6.45, 7) is 8.92. The zero-order chi connectivity index (χ0) is 53.6. The second kappa shape index (κ2) is 23.2. The van der Waals surface area contributed by atoms with Gasteiger partial charge in [-0.05, 0) is 78.1 Å². The number of anilines is 1. The Balaban J connectivity index is 1.12.